The zero-order valence-corrected chi connectivity index (χ0v) is 10.7. The number of carbonyl (C=O) groups is 1. The van der Waals surface area contributed by atoms with Gasteiger partial charge in [0.05, 0.1) is 23.8 Å². The number of fused-ring (bicyclic) bond motifs is 1. The van der Waals surface area contributed by atoms with Gasteiger partial charge in [-0.2, -0.15) is 5.10 Å². The second-order valence-electron chi connectivity index (χ2n) is 3.83. The average Bonchev–Trinajstić information content (AvgIpc) is 2.93. The Morgan fingerprint density at radius 2 is 2.32 bits per heavy atom. The standard InChI is InChI=1S/C10H9N7OS/c1-5-2-7-12-3-6(4-17(7)16-5)13-8(18)9-14-15-10(11)19-9/h2-4H,1H3,(H2,11,15)(H,13,18). The van der Waals surface area contributed by atoms with E-state index in [9.17, 15) is 4.79 Å². The Morgan fingerprint density at radius 3 is 3.05 bits per heavy atom. The molecule has 0 spiro atoms. The van der Waals surface area contributed by atoms with Crippen LogP contribution in [0.3, 0.4) is 0 Å². The monoisotopic (exact) mass is 275 g/mol. The van der Waals surface area contributed by atoms with Crippen LogP contribution in [0.25, 0.3) is 5.65 Å². The summed E-state index contributed by atoms with van der Waals surface area (Å²) in [4.78, 5) is 16.0. The molecule has 0 saturated carbocycles. The van der Waals surface area contributed by atoms with E-state index in [1.807, 2.05) is 13.0 Å². The first-order valence-electron chi connectivity index (χ1n) is 5.34. The van der Waals surface area contributed by atoms with E-state index in [0.29, 0.717) is 5.69 Å². The molecule has 3 rings (SSSR count). The zero-order valence-electron chi connectivity index (χ0n) is 9.86. The Morgan fingerprint density at radius 1 is 1.47 bits per heavy atom. The van der Waals surface area contributed by atoms with Crippen LogP contribution in [-0.2, 0) is 0 Å². The van der Waals surface area contributed by atoms with Crippen LogP contribution in [-0.4, -0.2) is 30.7 Å². The van der Waals surface area contributed by atoms with Crippen molar-refractivity contribution in [1.29, 1.82) is 0 Å². The first-order valence-corrected chi connectivity index (χ1v) is 6.16. The van der Waals surface area contributed by atoms with Gasteiger partial charge >= 0.3 is 0 Å². The van der Waals surface area contributed by atoms with E-state index < -0.39 is 0 Å². The van der Waals surface area contributed by atoms with E-state index in [2.05, 4.69) is 25.6 Å². The number of nitrogens with zero attached hydrogens (tertiary/aromatic N) is 5. The highest BCUT2D eigenvalue weighted by Crippen LogP contribution is 2.14. The number of amides is 1. The highest BCUT2D eigenvalue weighted by molar-refractivity contribution is 7.16. The van der Waals surface area contributed by atoms with E-state index in [-0.39, 0.29) is 16.0 Å². The summed E-state index contributed by atoms with van der Waals surface area (Å²) in [5.41, 5.74) is 7.52. The van der Waals surface area contributed by atoms with Crippen molar-refractivity contribution < 1.29 is 4.79 Å². The number of aryl methyl sites for hydroxylation is 1. The maximum Gasteiger partial charge on any atom is 0.286 e. The summed E-state index contributed by atoms with van der Waals surface area (Å²) < 4.78 is 1.60. The first kappa shape index (κ1) is 11.5. The molecule has 0 atom stereocenters. The molecule has 0 aliphatic heterocycles. The van der Waals surface area contributed by atoms with E-state index in [4.69, 9.17) is 5.73 Å². The van der Waals surface area contributed by atoms with Crippen LogP contribution in [0.2, 0.25) is 0 Å². The Bertz CT molecular complexity index is 762. The van der Waals surface area contributed by atoms with Gasteiger partial charge in [-0.1, -0.05) is 11.3 Å². The lowest BCUT2D eigenvalue weighted by Crippen LogP contribution is -2.12. The van der Waals surface area contributed by atoms with Crippen LogP contribution >= 0.6 is 11.3 Å². The molecule has 3 heterocycles. The Balaban J connectivity index is 1.86. The summed E-state index contributed by atoms with van der Waals surface area (Å²) in [7, 11) is 0. The molecule has 0 bridgehead atoms. The Labute approximate surface area is 111 Å². The number of nitrogen functional groups attached to an aromatic ring is 1. The Kier molecular flexibility index (Phi) is 2.60. The number of nitrogens with two attached hydrogens (primary N) is 1. The topological polar surface area (TPSA) is 111 Å². The largest absolute Gasteiger partial charge is 0.374 e. The molecule has 0 saturated heterocycles. The molecule has 1 amide bonds. The van der Waals surface area contributed by atoms with Crippen molar-refractivity contribution >= 4 is 33.7 Å². The van der Waals surface area contributed by atoms with Crippen LogP contribution in [0.4, 0.5) is 10.8 Å². The molecular weight excluding hydrogens is 266 g/mol. The van der Waals surface area contributed by atoms with Crippen molar-refractivity contribution in [3.8, 4) is 0 Å². The fraction of sp³-hybridized carbons (Fsp3) is 0.100. The van der Waals surface area contributed by atoms with Gasteiger partial charge < -0.3 is 11.1 Å². The number of rotatable bonds is 2. The lowest BCUT2D eigenvalue weighted by molar-refractivity contribution is 0.102. The molecule has 0 radical (unpaired) electrons. The van der Waals surface area contributed by atoms with Gasteiger partial charge in [0.15, 0.2) is 5.65 Å². The molecule has 0 unspecified atom stereocenters. The van der Waals surface area contributed by atoms with Crippen molar-refractivity contribution in [1.82, 2.24) is 24.8 Å². The van der Waals surface area contributed by atoms with Gasteiger partial charge in [-0.05, 0) is 6.92 Å². The van der Waals surface area contributed by atoms with Gasteiger partial charge in [0.25, 0.3) is 5.91 Å². The second kappa shape index (κ2) is 4.28. The van der Waals surface area contributed by atoms with Crippen LogP contribution in [0.1, 0.15) is 15.5 Å². The zero-order chi connectivity index (χ0) is 13.4. The number of nitrogens with one attached hydrogen (secondary N) is 1. The smallest absolute Gasteiger partial charge is 0.286 e. The minimum absolute atomic E-state index is 0.203. The second-order valence-corrected chi connectivity index (χ2v) is 4.84. The number of anilines is 2. The fourth-order valence-electron chi connectivity index (χ4n) is 1.57. The molecule has 3 aromatic heterocycles. The van der Waals surface area contributed by atoms with Crippen molar-refractivity contribution in [3.63, 3.8) is 0 Å². The molecule has 9 heteroatoms. The quantitative estimate of drug-likeness (QED) is 0.713. The van der Waals surface area contributed by atoms with Crippen molar-refractivity contribution in [2.75, 3.05) is 11.1 Å². The number of aromatic nitrogens is 5. The average molecular weight is 275 g/mol. The third kappa shape index (κ3) is 2.22. The van der Waals surface area contributed by atoms with Crippen LogP contribution in [0.5, 0.6) is 0 Å². The molecule has 3 N–H and O–H groups in total. The van der Waals surface area contributed by atoms with Crippen molar-refractivity contribution in [2.45, 2.75) is 6.92 Å². The van der Waals surface area contributed by atoms with Crippen LogP contribution in [0, 0.1) is 6.92 Å². The highest BCUT2D eigenvalue weighted by Gasteiger charge is 2.12. The number of hydrogen-bond donors (Lipinski definition) is 2. The molecule has 8 nitrogen and oxygen atoms in total. The SMILES string of the molecule is Cc1cc2ncc(NC(=O)c3nnc(N)s3)cn2n1. The summed E-state index contributed by atoms with van der Waals surface area (Å²) in [5, 5.41) is 14.6. The van der Waals surface area contributed by atoms with Gasteiger partial charge in [0.1, 0.15) is 0 Å². The third-order valence-electron chi connectivity index (χ3n) is 2.33. The molecule has 0 fully saturated rings. The third-order valence-corrected chi connectivity index (χ3v) is 3.08. The van der Waals surface area contributed by atoms with Gasteiger partial charge in [-0.25, -0.2) is 9.50 Å². The molecule has 96 valence electrons. The summed E-state index contributed by atoms with van der Waals surface area (Å²) >= 11 is 1.02. The van der Waals surface area contributed by atoms with Crippen molar-refractivity contribution in [2.24, 2.45) is 0 Å². The summed E-state index contributed by atoms with van der Waals surface area (Å²) in [6.07, 6.45) is 3.23. The molecular formula is C10H9N7OS. The van der Waals surface area contributed by atoms with E-state index in [1.54, 1.807) is 16.9 Å². The van der Waals surface area contributed by atoms with Gasteiger partial charge in [-0.15, -0.1) is 10.2 Å². The predicted molar refractivity (Wildman–Crippen MR) is 70.0 cm³/mol. The lowest BCUT2D eigenvalue weighted by Gasteiger charge is -2.02. The molecule has 0 aliphatic rings. The van der Waals surface area contributed by atoms with Crippen LogP contribution < -0.4 is 11.1 Å². The fourth-order valence-corrected chi connectivity index (χ4v) is 2.08. The number of carbonyl (C=O) groups excluding carboxylic acids is 1. The lowest BCUT2D eigenvalue weighted by atomic mass is 10.4. The van der Waals surface area contributed by atoms with Gasteiger partial charge in [0.2, 0.25) is 10.1 Å². The molecule has 19 heavy (non-hydrogen) atoms. The molecule has 3 aromatic rings. The summed E-state index contributed by atoms with van der Waals surface area (Å²) in [6, 6.07) is 1.84. The predicted octanol–water partition coefficient (Wildman–Crippen LogP) is 0.724. The van der Waals surface area contributed by atoms with E-state index in [1.165, 1.54) is 0 Å². The van der Waals surface area contributed by atoms with E-state index >= 15 is 0 Å². The summed E-state index contributed by atoms with van der Waals surface area (Å²) in [5.74, 6) is -0.376. The summed E-state index contributed by atoms with van der Waals surface area (Å²) in [6.45, 7) is 1.87. The van der Waals surface area contributed by atoms with Gasteiger partial charge in [0, 0.05) is 6.07 Å². The van der Waals surface area contributed by atoms with Crippen molar-refractivity contribution in [3.05, 3.63) is 29.2 Å². The maximum atomic E-state index is 11.9. The van der Waals surface area contributed by atoms with Crippen LogP contribution in [0.15, 0.2) is 18.5 Å². The van der Waals surface area contributed by atoms with E-state index in [0.717, 1.165) is 22.7 Å². The van der Waals surface area contributed by atoms with Gasteiger partial charge in [-0.3, -0.25) is 4.79 Å². The normalized spacial score (nSPS) is 10.8. The first-order chi connectivity index (χ1) is 9.11. The highest BCUT2D eigenvalue weighted by atomic mass is 32.1. The molecule has 0 aliphatic carbocycles. The minimum Gasteiger partial charge on any atom is -0.374 e. The Hall–Kier alpha value is -2.55. The minimum atomic E-state index is -0.376. The number of hydrogen-bond acceptors (Lipinski definition) is 7. The maximum absolute atomic E-state index is 11.9. The molecule has 0 aromatic carbocycles.